The summed E-state index contributed by atoms with van der Waals surface area (Å²) in [5.74, 6) is 0.243. The minimum atomic E-state index is -2.88. The van der Waals surface area contributed by atoms with Gasteiger partial charge in [0.05, 0.1) is 23.3 Å². The Morgan fingerprint density at radius 1 is 1.65 bits per heavy atom. The zero-order valence-corrected chi connectivity index (χ0v) is 10.4. The highest BCUT2D eigenvalue weighted by Gasteiger charge is 2.28. The first-order valence-corrected chi connectivity index (χ1v) is 7.28. The first-order chi connectivity index (χ1) is 7.98. The number of H-pyrrole nitrogens is 1. The molecule has 94 valence electrons. The number of hydrogen-bond acceptors (Lipinski definition) is 4. The van der Waals surface area contributed by atoms with Gasteiger partial charge >= 0.3 is 0 Å². The van der Waals surface area contributed by atoms with Crippen LogP contribution in [-0.4, -0.2) is 42.6 Å². The first-order valence-electron chi connectivity index (χ1n) is 5.46. The second kappa shape index (κ2) is 4.48. The number of carbonyl (C=O) groups is 1. The molecule has 2 rings (SSSR count). The highest BCUT2D eigenvalue weighted by molar-refractivity contribution is 7.91. The molecule has 1 atom stereocenters. The third-order valence-corrected chi connectivity index (χ3v) is 4.79. The van der Waals surface area contributed by atoms with Gasteiger partial charge in [0, 0.05) is 12.2 Å². The Labute approximate surface area is 99.7 Å². The summed E-state index contributed by atoms with van der Waals surface area (Å²) in [5, 5.41) is 9.19. The van der Waals surface area contributed by atoms with Crippen LogP contribution < -0.4 is 5.32 Å². The number of sulfone groups is 1. The maximum atomic E-state index is 11.7. The van der Waals surface area contributed by atoms with Gasteiger partial charge in [-0.25, -0.2) is 8.42 Å². The van der Waals surface area contributed by atoms with Crippen molar-refractivity contribution in [3.63, 3.8) is 0 Å². The van der Waals surface area contributed by atoms with Crippen LogP contribution in [0.15, 0.2) is 6.20 Å². The monoisotopic (exact) mass is 257 g/mol. The molecule has 0 bridgehead atoms. The second-order valence-corrected chi connectivity index (χ2v) is 6.62. The van der Waals surface area contributed by atoms with Gasteiger partial charge in [-0.1, -0.05) is 0 Å². The molecule has 1 amide bonds. The highest BCUT2D eigenvalue weighted by Crippen LogP contribution is 2.17. The van der Waals surface area contributed by atoms with Gasteiger partial charge in [0.25, 0.3) is 5.91 Å². The average molecular weight is 257 g/mol. The van der Waals surface area contributed by atoms with Crippen LogP contribution in [0, 0.1) is 12.8 Å². The lowest BCUT2D eigenvalue weighted by molar-refractivity contribution is 0.0948. The highest BCUT2D eigenvalue weighted by atomic mass is 32.2. The zero-order valence-electron chi connectivity index (χ0n) is 9.56. The summed E-state index contributed by atoms with van der Waals surface area (Å²) in [5.41, 5.74) is 1.22. The fraction of sp³-hybridized carbons (Fsp3) is 0.600. The Morgan fingerprint density at radius 3 is 2.94 bits per heavy atom. The molecule has 6 nitrogen and oxygen atoms in total. The topological polar surface area (TPSA) is 91.9 Å². The van der Waals surface area contributed by atoms with Crippen LogP contribution in [-0.2, 0) is 9.84 Å². The number of aromatic amines is 1. The van der Waals surface area contributed by atoms with E-state index in [0.29, 0.717) is 24.2 Å². The van der Waals surface area contributed by atoms with Crippen LogP contribution in [0.25, 0.3) is 0 Å². The fourth-order valence-electron chi connectivity index (χ4n) is 1.94. The SMILES string of the molecule is Cc1[nH]ncc1C(=O)NCC1CCS(=O)(=O)C1. The molecule has 1 aromatic rings. The van der Waals surface area contributed by atoms with Crippen molar-refractivity contribution in [2.75, 3.05) is 18.1 Å². The molecule has 1 aliphatic rings. The van der Waals surface area contributed by atoms with Gasteiger partial charge in [-0.15, -0.1) is 0 Å². The van der Waals surface area contributed by atoms with Gasteiger partial charge in [-0.3, -0.25) is 9.89 Å². The molecule has 0 aromatic carbocycles. The Kier molecular flexibility index (Phi) is 3.19. The largest absolute Gasteiger partial charge is 0.352 e. The fourth-order valence-corrected chi connectivity index (χ4v) is 3.81. The quantitative estimate of drug-likeness (QED) is 0.789. The molecular formula is C10H15N3O3S. The van der Waals surface area contributed by atoms with E-state index in [-0.39, 0.29) is 23.3 Å². The lowest BCUT2D eigenvalue weighted by atomic mass is 10.1. The molecule has 17 heavy (non-hydrogen) atoms. The Hall–Kier alpha value is -1.37. The predicted molar refractivity (Wildman–Crippen MR) is 62.4 cm³/mol. The molecule has 0 spiro atoms. The van der Waals surface area contributed by atoms with E-state index in [9.17, 15) is 13.2 Å². The number of carbonyl (C=O) groups excluding carboxylic acids is 1. The summed E-state index contributed by atoms with van der Waals surface area (Å²) in [7, 11) is -2.88. The standard InChI is InChI=1S/C10H15N3O3S/c1-7-9(5-12-13-7)10(14)11-4-8-2-3-17(15,16)6-8/h5,8H,2-4,6H2,1H3,(H,11,14)(H,12,13). The van der Waals surface area contributed by atoms with Gasteiger partial charge in [0.2, 0.25) is 0 Å². The minimum Gasteiger partial charge on any atom is -0.352 e. The maximum absolute atomic E-state index is 11.7. The number of aryl methyl sites for hydroxylation is 1. The smallest absolute Gasteiger partial charge is 0.254 e. The van der Waals surface area contributed by atoms with Crippen LogP contribution in [0.5, 0.6) is 0 Å². The third-order valence-electron chi connectivity index (χ3n) is 2.95. The van der Waals surface area contributed by atoms with Crippen LogP contribution in [0.3, 0.4) is 0 Å². The van der Waals surface area contributed by atoms with Crippen molar-refractivity contribution in [1.29, 1.82) is 0 Å². The zero-order chi connectivity index (χ0) is 12.5. The minimum absolute atomic E-state index is 0.0381. The predicted octanol–water partition coefficient (Wildman–Crippen LogP) is -0.117. The van der Waals surface area contributed by atoms with E-state index in [4.69, 9.17) is 0 Å². The van der Waals surface area contributed by atoms with E-state index in [1.54, 1.807) is 6.92 Å². The number of amides is 1. The number of nitrogens with one attached hydrogen (secondary N) is 2. The van der Waals surface area contributed by atoms with Crippen molar-refractivity contribution < 1.29 is 13.2 Å². The number of hydrogen-bond donors (Lipinski definition) is 2. The molecule has 2 N–H and O–H groups in total. The Morgan fingerprint density at radius 2 is 2.41 bits per heavy atom. The molecule has 1 aromatic heterocycles. The van der Waals surface area contributed by atoms with E-state index in [1.807, 2.05) is 0 Å². The third kappa shape index (κ3) is 2.85. The van der Waals surface area contributed by atoms with E-state index >= 15 is 0 Å². The molecule has 0 aliphatic carbocycles. The summed E-state index contributed by atoms with van der Waals surface area (Å²) in [6.45, 7) is 2.17. The van der Waals surface area contributed by atoms with E-state index in [1.165, 1.54) is 6.20 Å². The molecule has 0 saturated carbocycles. The van der Waals surface area contributed by atoms with Gasteiger partial charge in [0.15, 0.2) is 9.84 Å². The van der Waals surface area contributed by atoms with Crippen molar-refractivity contribution in [3.8, 4) is 0 Å². The number of rotatable bonds is 3. The molecule has 1 saturated heterocycles. The van der Waals surface area contributed by atoms with Crippen molar-refractivity contribution >= 4 is 15.7 Å². The summed E-state index contributed by atoms with van der Waals surface area (Å²) < 4.78 is 22.5. The number of nitrogens with zero attached hydrogens (tertiary/aromatic N) is 1. The van der Waals surface area contributed by atoms with Gasteiger partial charge < -0.3 is 5.32 Å². The normalized spacial score (nSPS) is 22.5. The van der Waals surface area contributed by atoms with Crippen molar-refractivity contribution in [1.82, 2.24) is 15.5 Å². The summed E-state index contributed by atoms with van der Waals surface area (Å²) in [6, 6.07) is 0. The van der Waals surface area contributed by atoms with Gasteiger partial charge in [0.1, 0.15) is 0 Å². The van der Waals surface area contributed by atoms with Crippen molar-refractivity contribution in [3.05, 3.63) is 17.5 Å². The van der Waals surface area contributed by atoms with Crippen LogP contribution in [0.1, 0.15) is 22.5 Å². The van der Waals surface area contributed by atoms with Crippen molar-refractivity contribution in [2.45, 2.75) is 13.3 Å². The van der Waals surface area contributed by atoms with Crippen LogP contribution >= 0.6 is 0 Å². The van der Waals surface area contributed by atoms with Gasteiger partial charge in [-0.2, -0.15) is 5.10 Å². The molecule has 7 heteroatoms. The molecule has 0 radical (unpaired) electrons. The lowest BCUT2D eigenvalue weighted by Crippen LogP contribution is -2.30. The average Bonchev–Trinajstić information content (AvgIpc) is 2.81. The molecule has 1 unspecified atom stereocenters. The summed E-state index contributed by atoms with van der Waals surface area (Å²) in [6.07, 6.45) is 2.10. The van der Waals surface area contributed by atoms with Gasteiger partial charge in [-0.05, 0) is 19.3 Å². The first kappa shape index (κ1) is 12.1. The number of aromatic nitrogens is 2. The maximum Gasteiger partial charge on any atom is 0.254 e. The molecule has 1 aliphatic heterocycles. The lowest BCUT2D eigenvalue weighted by Gasteiger charge is -2.08. The molecular weight excluding hydrogens is 242 g/mol. The summed E-state index contributed by atoms with van der Waals surface area (Å²) in [4.78, 5) is 11.7. The Balaban J connectivity index is 1.88. The van der Waals surface area contributed by atoms with E-state index < -0.39 is 9.84 Å². The van der Waals surface area contributed by atoms with Crippen molar-refractivity contribution in [2.24, 2.45) is 5.92 Å². The second-order valence-electron chi connectivity index (χ2n) is 4.39. The molecule has 2 heterocycles. The summed E-state index contributed by atoms with van der Waals surface area (Å²) >= 11 is 0. The van der Waals surface area contributed by atoms with E-state index in [0.717, 1.165) is 0 Å². The van der Waals surface area contributed by atoms with Crippen LogP contribution in [0.4, 0.5) is 0 Å². The molecule has 1 fully saturated rings. The van der Waals surface area contributed by atoms with Crippen LogP contribution in [0.2, 0.25) is 0 Å². The van der Waals surface area contributed by atoms with E-state index in [2.05, 4.69) is 15.5 Å². The Bertz CT molecular complexity index is 521.